The van der Waals surface area contributed by atoms with Crippen LogP contribution in [0.5, 0.6) is 0 Å². The molecule has 0 fully saturated rings. The van der Waals surface area contributed by atoms with E-state index in [9.17, 15) is 5.11 Å². The van der Waals surface area contributed by atoms with E-state index in [0.717, 1.165) is 13.0 Å². The van der Waals surface area contributed by atoms with Crippen molar-refractivity contribution in [3.05, 3.63) is 29.8 Å². The highest BCUT2D eigenvalue weighted by atomic mass is 16.5. The summed E-state index contributed by atoms with van der Waals surface area (Å²) < 4.78 is 5.61. The van der Waals surface area contributed by atoms with Gasteiger partial charge in [-0.05, 0) is 38.8 Å². The van der Waals surface area contributed by atoms with Gasteiger partial charge in [0.25, 0.3) is 0 Å². The minimum atomic E-state index is -0.435. The predicted molar refractivity (Wildman–Crippen MR) is 74.1 cm³/mol. The fourth-order valence-corrected chi connectivity index (χ4v) is 2.25. The van der Waals surface area contributed by atoms with Crippen LogP contribution in [0.25, 0.3) is 0 Å². The lowest BCUT2D eigenvalue weighted by Gasteiger charge is -2.26. The first-order valence-corrected chi connectivity index (χ1v) is 6.60. The molecule has 0 bridgehead atoms. The maximum atomic E-state index is 10.0. The van der Waals surface area contributed by atoms with Gasteiger partial charge in [0, 0.05) is 18.8 Å². The molecule has 18 heavy (non-hydrogen) atoms. The average Bonchev–Trinajstić information content (AvgIpc) is 2.70. The number of hydrogen-bond donors (Lipinski definition) is 1. The summed E-state index contributed by atoms with van der Waals surface area (Å²) in [6.07, 6.45) is 0.638. The molecule has 1 aliphatic heterocycles. The Morgan fingerprint density at radius 2 is 2.06 bits per heavy atom. The third kappa shape index (κ3) is 3.47. The Hall–Kier alpha value is -1.06. The zero-order valence-corrected chi connectivity index (χ0v) is 11.5. The van der Waals surface area contributed by atoms with E-state index in [0.29, 0.717) is 13.2 Å². The Morgan fingerprint density at radius 3 is 2.78 bits per heavy atom. The molecular formula is C15H23NO2. The lowest BCUT2D eigenvalue weighted by molar-refractivity contribution is -0.0462. The smallest absolute Gasteiger partial charge is 0.0948 e. The van der Waals surface area contributed by atoms with Crippen LogP contribution in [0.2, 0.25) is 0 Å². The van der Waals surface area contributed by atoms with Gasteiger partial charge in [0.15, 0.2) is 0 Å². The number of aliphatic hydroxyl groups is 1. The maximum Gasteiger partial charge on any atom is 0.0948 e. The Morgan fingerprint density at radius 1 is 1.33 bits per heavy atom. The summed E-state index contributed by atoms with van der Waals surface area (Å²) in [5.41, 5.74) is 2.44. The number of fused-ring (bicyclic) bond motifs is 1. The highest BCUT2D eigenvalue weighted by Crippen LogP contribution is 2.27. The second kappa shape index (κ2) is 5.29. The normalized spacial score (nSPS) is 16.8. The van der Waals surface area contributed by atoms with E-state index in [1.807, 2.05) is 20.8 Å². The Balaban J connectivity index is 1.88. The molecule has 0 radical (unpaired) electrons. The van der Waals surface area contributed by atoms with Crippen LogP contribution >= 0.6 is 0 Å². The van der Waals surface area contributed by atoms with E-state index in [2.05, 4.69) is 29.2 Å². The van der Waals surface area contributed by atoms with Crippen molar-refractivity contribution >= 4 is 5.69 Å². The number of nitrogens with zero attached hydrogens (tertiary/aromatic N) is 1. The van der Waals surface area contributed by atoms with E-state index >= 15 is 0 Å². The lowest BCUT2D eigenvalue weighted by atomic mass is 10.2. The minimum absolute atomic E-state index is 0.191. The number of β-amino-alcohol motifs (C(OH)–C–C–N with tert-alkyl or cyclic N) is 1. The molecule has 0 saturated carbocycles. The molecule has 1 unspecified atom stereocenters. The van der Waals surface area contributed by atoms with Crippen LogP contribution in [-0.4, -0.2) is 36.5 Å². The molecular weight excluding hydrogens is 226 g/mol. The van der Waals surface area contributed by atoms with Gasteiger partial charge < -0.3 is 14.7 Å². The molecule has 0 aliphatic carbocycles. The number of aliphatic hydroxyl groups excluding tert-OH is 1. The quantitative estimate of drug-likeness (QED) is 0.888. The first kappa shape index (κ1) is 13.4. The van der Waals surface area contributed by atoms with Gasteiger partial charge in [-0.15, -0.1) is 0 Å². The molecule has 0 spiro atoms. The molecule has 0 amide bonds. The SMILES string of the molecule is CC(C)(C)OCC(O)CN1CCc2ccccc21. The van der Waals surface area contributed by atoms with Crippen LogP contribution in [0.1, 0.15) is 26.3 Å². The lowest BCUT2D eigenvalue weighted by Crippen LogP contribution is -2.36. The van der Waals surface area contributed by atoms with Crippen LogP contribution in [-0.2, 0) is 11.2 Å². The van der Waals surface area contributed by atoms with Crippen LogP contribution in [0.15, 0.2) is 24.3 Å². The van der Waals surface area contributed by atoms with Crippen LogP contribution < -0.4 is 4.90 Å². The van der Waals surface area contributed by atoms with Gasteiger partial charge >= 0.3 is 0 Å². The Bertz CT molecular complexity index is 398. The molecule has 1 aliphatic rings. The topological polar surface area (TPSA) is 32.7 Å². The summed E-state index contributed by atoms with van der Waals surface area (Å²) in [7, 11) is 0. The molecule has 0 saturated heterocycles. The van der Waals surface area contributed by atoms with Gasteiger partial charge in [0.05, 0.1) is 18.3 Å². The van der Waals surface area contributed by atoms with Gasteiger partial charge in [-0.2, -0.15) is 0 Å². The second-order valence-electron chi connectivity index (χ2n) is 5.90. The van der Waals surface area contributed by atoms with Crippen molar-refractivity contribution in [1.82, 2.24) is 0 Å². The molecule has 1 heterocycles. The van der Waals surface area contributed by atoms with E-state index in [4.69, 9.17) is 4.74 Å². The van der Waals surface area contributed by atoms with Crippen molar-refractivity contribution in [3.63, 3.8) is 0 Å². The summed E-state index contributed by atoms with van der Waals surface area (Å²) in [5, 5.41) is 10.0. The van der Waals surface area contributed by atoms with Crippen molar-refractivity contribution < 1.29 is 9.84 Å². The first-order valence-electron chi connectivity index (χ1n) is 6.60. The number of rotatable bonds is 4. The Labute approximate surface area is 109 Å². The van der Waals surface area contributed by atoms with Crippen molar-refractivity contribution in [1.29, 1.82) is 0 Å². The summed E-state index contributed by atoms with van der Waals surface area (Å²) in [6, 6.07) is 8.41. The standard InChI is InChI=1S/C15H23NO2/c1-15(2,3)18-11-13(17)10-16-9-8-12-6-4-5-7-14(12)16/h4-7,13,17H,8-11H2,1-3H3. The molecule has 1 aromatic carbocycles. The van der Waals surface area contributed by atoms with Gasteiger partial charge in [-0.25, -0.2) is 0 Å². The second-order valence-corrected chi connectivity index (χ2v) is 5.90. The zero-order valence-electron chi connectivity index (χ0n) is 11.5. The van der Waals surface area contributed by atoms with Crippen LogP contribution in [0, 0.1) is 0 Å². The van der Waals surface area contributed by atoms with Crippen molar-refractivity contribution in [2.75, 3.05) is 24.6 Å². The number of benzene rings is 1. The summed E-state index contributed by atoms with van der Waals surface area (Å²) in [5.74, 6) is 0. The fraction of sp³-hybridized carbons (Fsp3) is 0.600. The highest BCUT2D eigenvalue weighted by Gasteiger charge is 2.21. The molecule has 3 nitrogen and oxygen atoms in total. The maximum absolute atomic E-state index is 10.0. The molecule has 2 rings (SSSR count). The highest BCUT2D eigenvalue weighted by molar-refractivity contribution is 5.57. The Kier molecular flexibility index (Phi) is 3.93. The third-order valence-electron chi connectivity index (χ3n) is 3.12. The van der Waals surface area contributed by atoms with Crippen molar-refractivity contribution in [2.45, 2.75) is 38.9 Å². The van der Waals surface area contributed by atoms with Crippen LogP contribution in [0.3, 0.4) is 0 Å². The van der Waals surface area contributed by atoms with Crippen LogP contribution in [0.4, 0.5) is 5.69 Å². The first-order chi connectivity index (χ1) is 8.46. The van der Waals surface area contributed by atoms with Gasteiger partial charge in [0.1, 0.15) is 0 Å². The van der Waals surface area contributed by atoms with Gasteiger partial charge in [-0.3, -0.25) is 0 Å². The molecule has 100 valence electrons. The molecule has 3 heteroatoms. The largest absolute Gasteiger partial charge is 0.389 e. The fourth-order valence-electron chi connectivity index (χ4n) is 2.25. The number of para-hydroxylation sites is 1. The van der Waals surface area contributed by atoms with Gasteiger partial charge in [0.2, 0.25) is 0 Å². The summed E-state index contributed by atoms with van der Waals surface area (Å²) in [4.78, 5) is 2.24. The minimum Gasteiger partial charge on any atom is -0.389 e. The number of ether oxygens (including phenoxy) is 1. The van der Waals surface area contributed by atoms with E-state index < -0.39 is 6.10 Å². The monoisotopic (exact) mass is 249 g/mol. The van der Waals surface area contributed by atoms with Gasteiger partial charge in [-0.1, -0.05) is 18.2 Å². The third-order valence-corrected chi connectivity index (χ3v) is 3.12. The zero-order chi connectivity index (χ0) is 13.2. The van der Waals surface area contributed by atoms with E-state index in [1.54, 1.807) is 0 Å². The molecule has 1 atom stereocenters. The molecule has 1 N–H and O–H groups in total. The summed E-state index contributed by atoms with van der Waals surface area (Å²) >= 11 is 0. The summed E-state index contributed by atoms with van der Waals surface area (Å²) in [6.45, 7) is 8.04. The number of anilines is 1. The average molecular weight is 249 g/mol. The van der Waals surface area contributed by atoms with E-state index in [1.165, 1.54) is 11.3 Å². The predicted octanol–water partition coefficient (Wildman–Crippen LogP) is 2.23. The van der Waals surface area contributed by atoms with Crippen molar-refractivity contribution in [3.8, 4) is 0 Å². The van der Waals surface area contributed by atoms with Crippen molar-refractivity contribution in [2.24, 2.45) is 0 Å². The molecule has 1 aromatic rings. The molecule has 0 aromatic heterocycles. The number of hydrogen-bond acceptors (Lipinski definition) is 3. The van der Waals surface area contributed by atoms with E-state index in [-0.39, 0.29) is 5.60 Å².